The van der Waals surface area contributed by atoms with Gasteiger partial charge in [0.1, 0.15) is 18.1 Å². The molecule has 1 fully saturated rings. The number of alkyl halides is 2. The summed E-state index contributed by atoms with van der Waals surface area (Å²) in [5, 5.41) is 14.7. The molecule has 9 nitrogen and oxygen atoms in total. The van der Waals surface area contributed by atoms with Crippen LogP contribution in [0.1, 0.15) is 53.0 Å². The van der Waals surface area contributed by atoms with Crippen molar-refractivity contribution in [3.8, 4) is 6.07 Å². The highest BCUT2D eigenvalue weighted by Crippen LogP contribution is 2.46. The highest BCUT2D eigenvalue weighted by atomic mass is 19.3. The first-order chi connectivity index (χ1) is 17.0. The van der Waals surface area contributed by atoms with E-state index in [9.17, 15) is 33.2 Å². The second kappa shape index (κ2) is 9.72. The van der Waals surface area contributed by atoms with Gasteiger partial charge in [-0.1, -0.05) is 39.0 Å². The van der Waals surface area contributed by atoms with E-state index in [4.69, 9.17) is 0 Å². The molecule has 11 heteroatoms. The van der Waals surface area contributed by atoms with Crippen LogP contribution in [-0.2, 0) is 24.6 Å². The van der Waals surface area contributed by atoms with Crippen LogP contribution in [0.2, 0.25) is 0 Å². The third kappa shape index (κ3) is 5.43. The number of likely N-dealkylation sites (tertiary alicyclic amines) is 1. The van der Waals surface area contributed by atoms with E-state index in [0.29, 0.717) is 18.2 Å². The molecule has 0 saturated carbocycles. The van der Waals surface area contributed by atoms with Crippen LogP contribution in [-0.4, -0.2) is 71.1 Å². The van der Waals surface area contributed by atoms with Gasteiger partial charge >= 0.3 is 5.92 Å². The molecular formula is C26H33F2N5O4. The zero-order valence-electron chi connectivity index (χ0n) is 21.9. The number of nitrogens with zero attached hydrogens (tertiary/aromatic N) is 3. The van der Waals surface area contributed by atoms with Crippen LogP contribution in [0.3, 0.4) is 0 Å². The number of fused-ring (bicyclic) bond motifs is 2. The number of hydrogen-bond donors (Lipinski definition) is 2. The second-order valence-electron chi connectivity index (χ2n) is 11.2. The van der Waals surface area contributed by atoms with Gasteiger partial charge in [-0.25, -0.2) is 0 Å². The van der Waals surface area contributed by atoms with Gasteiger partial charge in [0.2, 0.25) is 17.7 Å². The summed E-state index contributed by atoms with van der Waals surface area (Å²) in [4.78, 5) is 54.3. The number of nitrogens with one attached hydrogen (secondary N) is 2. The lowest BCUT2D eigenvalue weighted by molar-refractivity contribution is -0.150. The molecule has 0 aromatic heterocycles. The van der Waals surface area contributed by atoms with Crippen LogP contribution in [0.5, 0.6) is 0 Å². The largest absolute Gasteiger partial charge is 0.339 e. The Morgan fingerprint density at radius 3 is 2.46 bits per heavy atom. The second-order valence-corrected chi connectivity index (χ2v) is 11.2. The number of rotatable bonds is 6. The Bertz CT molecular complexity index is 1150. The molecule has 1 spiro atoms. The number of carbonyl (C=O) groups is 4. The van der Waals surface area contributed by atoms with Gasteiger partial charge < -0.3 is 20.4 Å². The van der Waals surface area contributed by atoms with Crippen molar-refractivity contribution >= 4 is 29.3 Å². The van der Waals surface area contributed by atoms with Crippen LogP contribution in [0.25, 0.3) is 0 Å². The minimum absolute atomic E-state index is 0.0378. The number of para-hydroxylation sites is 1. The summed E-state index contributed by atoms with van der Waals surface area (Å²) in [5.74, 6) is -6.82. The van der Waals surface area contributed by atoms with E-state index < -0.39 is 52.6 Å². The molecule has 0 bridgehead atoms. The van der Waals surface area contributed by atoms with Crippen molar-refractivity contribution in [2.24, 2.45) is 5.41 Å². The van der Waals surface area contributed by atoms with Crippen molar-refractivity contribution in [1.82, 2.24) is 15.1 Å². The lowest BCUT2D eigenvalue weighted by Crippen LogP contribution is -2.57. The lowest BCUT2D eigenvalue weighted by atomic mass is 9.80. The zero-order valence-corrected chi connectivity index (χ0v) is 21.9. The topological polar surface area (TPSA) is 123 Å². The summed E-state index contributed by atoms with van der Waals surface area (Å²) in [6, 6.07) is 5.98. The fourth-order valence-corrected chi connectivity index (χ4v) is 4.99. The molecule has 1 saturated heterocycles. The minimum atomic E-state index is -3.67. The first kappa shape index (κ1) is 28.0. The van der Waals surface area contributed by atoms with E-state index in [1.54, 1.807) is 24.3 Å². The molecule has 4 amide bonds. The van der Waals surface area contributed by atoms with Gasteiger partial charge in [0.25, 0.3) is 5.91 Å². The number of carbonyl (C=O) groups excluding carboxylic acids is 4. The fourth-order valence-electron chi connectivity index (χ4n) is 4.99. The Kier molecular flexibility index (Phi) is 7.37. The molecule has 0 unspecified atom stereocenters. The van der Waals surface area contributed by atoms with Gasteiger partial charge in [0, 0.05) is 32.6 Å². The van der Waals surface area contributed by atoms with E-state index in [-0.39, 0.29) is 25.3 Å². The lowest BCUT2D eigenvalue weighted by Gasteiger charge is -2.36. The summed E-state index contributed by atoms with van der Waals surface area (Å²) >= 11 is 0. The number of nitriles is 1. The fraction of sp³-hybridized carbons (Fsp3) is 0.577. The number of anilines is 1. The van der Waals surface area contributed by atoms with Crippen molar-refractivity contribution in [3.63, 3.8) is 0 Å². The molecule has 37 heavy (non-hydrogen) atoms. The summed E-state index contributed by atoms with van der Waals surface area (Å²) < 4.78 is 26.7. The molecule has 0 radical (unpaired) electrons. The highest BCUT2D eigenvalue weighted by Gasteiger charge is 2.57. The van der Waals surface area contributed by atoms with Gasteiger partial charge in [-0.05, 0) is 30.4 Å². The van der Waals surface area contributed by atoms with E-state index in [2.05, 4.69) is 11.4 Å². The maximum atomic E-state index is 13.9. The van der Waals surface area contributed by atoms with Crippen molar-refractivity contribution < 1.29 is 28.0 Å². The van der Waals surface area contributed by atoms with Crippen LogP contribution < -0.4 is 10.6 Å². The molecule has 4 atom stereocenters. The maximum absolute atomic E-state index is 13.9. The average molecular weight is 518 g/mol. The Hall–Kier alpha value is -3.55. The van der Waals surface area contributed by atoms with E-state index in [1.807, 2.05) is 26.1 Å². The van der Waals surface area contributed by atoms with Gasteiger partial charge in [-0.15, -0.1) is 0 Å². The van der Waals surface area contributed by atoms with Crippen LogP contribution in [0.4, 0.5) is 14.5 Å². The number of hydrogen-bond acceptors (Lipinski definition) is 5. The Balaban J connectivity index is 1.91. The standard InChI is InChI=1S/C26H33F2N5O4/c1-15(30-22(36)25(5,27)28)20(34)32(6)19(12-24(2,3)4)21(35)33-14-26(11-16(33)13-29)17-9-7-8-10-18(17)31-23(26)37/h7-10,15-16,19H,11-12,14H2,1-6H3,(H,30,36)(H,31,37)/t15-,16-,19-,26-/m0/s1. The molecular weight excluding hydrogens is 484 g/mol. The predicted octanol–water partition coefficient (Wildman–Crippen LogP) is 2.42. The average Bonchev–Trinajstić information content (AvgIpc) is 3.33. The molecule has 2 aliphatic rings. The van der Waals surface area contributed by atoms with Crippen LogP contribution >= 0.6 is 0 Å². The third-order valence-corrected chi connectivity index (χ3v) is 6.94. The molecule has 3 rings (SSSR count). The van der Waals surface area contributed by atoms with E-state index in [0.717, 1.165) is 4.90 Å². The molecule has 1 aromatic carbocycles. The molecule has 200 valence electrons. The smallest absolute Gasteiger partial charge is 0.321 e. The van der Waals surface area contributed by atoms with Gasteiger partial charge in [0.05, 0.1) is 11.5 Å². The quantitative estimate of drug-likeness (QED) is 0.600. The zero-order chi connectivity index (χ0) is 27.9. The third-order valence-electron chi connectivity index (χ3n) is 6.94. The van der Waals surface area contributed by atoms with Crippen molar-refractivity contribution in [2.45, 2.75) is 76.9 Å². The molecule has 1 aromatic rings. The summed E-state index contributed by atoms with van der Waals surface area (Å²) in [6.45, 7) is 7.29. The number of halogens is 2. The van der Waals surface area contributed by atoms with E-state index in [1.165, 1.54) is 18.9 Å². The van der Waals surface area contributed by atoms with Crippen molar-refractivity contribution in [3.05, 3.63) is 29.8 Å². The first-order valence-electron chi connectivity index (χ1n) is 12.1. The summed E-state index contributed by atoms with van der Waals surface area (Å²) in [7, 11) is 1.37. The molecule has 2 N–H and O–H groups in total. The van der Waals surface area contributed by atoms with Gasteiger partial charge in [-0.2, -0.15) is 14.0 Å². The molecule has 0 aliphatic carbocycles. The number of likely N-dealkylation sites (N-methyl/N-ethyl adjacent to an activating group) is 1. The normalized spacial score (nSPS) is 22.6. The minimum Gasteiger partial charge on any atom is -0.339 e. The van der Waals surface area contributed by atoms with Crippen LogP contribution in [0, 0.1) is 16.7 Å². The van der Waals surface area contributed by atoms with Crippen molar-refractivity contribution in [1.29, 1.82) is 5.26 Å². The number of amides is 4. The Morgan fingerprint density at radius 2 is 1.89 bits per heavy atom. The summed E-state index contributed by atoms with van der Waals surface area (Å²) in [6.07, 6.45) is 0.305. The van der Waals surface area contributed by atoms with Gasteiger partial charge in [-0.3, -0.25) is 19.2 Å². The Labute approximate surface area is 215 Å². The van der Waals surface area contributed by atoms with Gasteiger partial charge in [0.15, 0.2) is 0 Å². The predicted molar refractivity (Wildman–Crippen MR) is 131 cm³/mol. The first-order valence-corrected chi connectivity index (χ1v) is 12.1. The van der Waals surface area contributed by atoms with Crippen LogP contribution in [0.15, 0.2) is 24.3 Å². The van der Waals surface area contributed by atoms with E-state index >= 15 is 0 Å². The molecule has 2 aliphatic heterocycles. The highest BCUT2D eigenvalue weighted by molar-refractivity contribution is 6.07. The Morgan fingerprint density at radius 1 is 1.27 bits per heavy atom. The molecule has 2 heterocycles. The monoisotopic (exact) mass is 517 g/mol. The summed E-state index contributed by atoms with van der Waals surface area (Å²) in [5.41, 5.74) is -0.178. The van der Waals surface area contributed by atoms with Crippen molar-refractivity contribution in [2.75, 3.05) is 18.9 Å². The number of benzene rings is 1. The SMILES string of the molecule is C[C@H](NC(=O)C(C)(F)F)C(=O)N(C)[C@@H](CC(C)(C)C)C(=O)N1C[C@]2(C[C@H]1C#N)C(=O)Nc1ccccc12. The maximum Gasteiger partial charge on any atom is 0.321 e.